The predicted molar refractivity (Wildman–Crippen MR) is 105 cm³/mol. The molecule has 0 aliphatic carbocycles. The van der Waals surface area contributed by atoms with E-state index in [0.717, 1.165) is 4.88 Å². The third kappa shape index (κ3) is 4.09. The predicted octanol–water partition coefficient (Wildman–Crippen LogP) is 4.27. The van der Waals surface area contributed by atoms with Crippen LogP contribution in [0.3, 0.4) is 0 Å². The van der Waals surface area contributed by atoms with Gasteiger partial charge in [-0.3, -0.25) is 4.79 Å². The second-order valence-corrected chi connectivity index (χ2v) is 7.14. The van der Waals surface area contributed by atoms with Crippen molar-refractivity contribution in [1.82, 2.24) is 0 Å². The third-order valence-corrected chi connectivity index (χ3v) is 5.08. The van der Waals surface area contributed by atoms with Crippen LogP contribution in [0.25, 0.3) is 0 Å². The smallest absolute Gasteiger partial charge is 0.265 e. The highest BCUT2D eigenvalue weighted by Crippen LogP contribution is 2.34. The lowest BCUT2D eigenvalue weighted by atomic mass is 10.2. The maximum absolute atomic E-state index is 13.8. The van der Waals surface area contributed by atoms with E-state index >= 15 is 0 Å². The summed E-state index contributed by atoms with van der Waals surface area (Å²) in [5, 5.41) is 1.96. The molecular weight excluding hydrogens is 381 g/mol. The quantitative estimate of drug-likeness (QED) is 0.621. The lowest BCUT2D eigenvalue weighted by Crippen LogP contribution is -2.34. The molecule has 28 heavy (non-hydrogen) atoms. The average Bonchev–Trinajstić information content (AvgIpc) is 3.24. The highest BCUT2D eigenvalue weighted by Gasteiger charge is 2.21. The molecule has 1 aliphatic rings. The van der Waals surface area contributed by atoms with Crippen LogP contribution in [0.5, 0.6) is 17.2 Å². The van der Waals surface area contributed by atoms with Crippen LogP contribution in [0, 0.1) is 5.82 Å². The first-order chi connectivity index (χ1) is 13.7. The van der Waals surface area contributed by atoms with Crippen LogP contribution in [0.4, 0.5) is 10.1 Å². The van der Waals surface area contributed by atoms with Crippen LogP contribution < -0.4 is 19.1 Å². The van der Waals surface area contributed by atoms with Gasteiger partial charge in [0, 0.05) is 16.6 Å². The number of hydrogen-bond donors (Lipinski definition) is 0. The molecule has 0 atom stereocenters. The minimum Gasteiger partial charge on any atom is -0.486 e. The minimum absolute atomic E-state index is 0.0501. The van der Waals surface area contributed by atoms with Crippen LogP contribution in [0.15, 0.2) is 60.0 Å². The van der Waals surface area contributed by atoms with Crippen molar-refractivity contribution in [3.8, 4) is 17.2 Å². The van der Waals surface area contributed by atoms with Gasteiger partial charge in [0.25, 0.3) is 5.91 Å². The van der Waals surface area contributed by atoms with Gasteiger partial charge in [0.15, 0.2) is 29.7 Å². The second-order valence-electron chi connectivity index (χ2n) is 6.11. The van der Waals surface area contributed by atoms with Gasteiger partial charge in [-0.15, -0.1) is 11.3 Å². The van der Waals surface area contributed by atoms with Crippen LogP contribution >= 0.6 is 11.3 Å². The molecule has 1 aliphatic heterocycles. The van der Waals surface area contributed by atoms with Gasteiger partial charge in [0.1, 0.15) is 13.2 Å². The monoisotopic (exact) mass is 399 g/mol. The fourth-order valence-electron chi connectivity index (χ4n) is 2.86. The van der Waals surface area contributed by atoms with Crippen molar-refractivity contribution in [2.45, 2.75) is 6.54 Å². The Hall–Kier alpha value is -3.06. The number of benzene rings is 2. The molecule has 1 amide bonds. The molecule has 0 saturated carbocycles. The molecule has 2 aromatic carbocycles. The van der Waals surface area contributed by atoms with Crippen LogP contribution in [0.2, 0.25) is 0 Å². The molecule has 0 saturated heterocycles. The first-order valence-corrected chi connectivity index (χ1v) is 9.68. The fraction of sp³-hybridized carbons (Fsp3) is 0.190. The van der Waals surface area contributed by atoms with Gasteiger partial charge < -0.3 is 19.1 Å². The lowest BCUT2D eigenvalue weighted by molar-refractivity contribution is -0.120. The number of anilines is 1. The molecule has 5 nitrogen and oxygen atoms in total. The van der Waals surface area contributed by atoms with Gasteiger partial charge in [-0.2, -0.15) is 0 Å². The Labute approximate surface area is 165 Å². The van der Waals surface area contributed by atoms with Crippen molar-refractivity contribution in [3.05, 3.63) is 70.7 Å². The first kappa shape index (κ1) is 18.3. The largest absolute Gasteiger partial charge is 0.486 e. The topological polar surface area (TPSA) is 48.0 Å². The zero-order valence-corrected chi connectivity index (χ0v) is 15.8. The van der Waals surface area contributed by atoms with Crippen LogP contribution in [-0.2, 0) is 11.3 Å². The Morgan fingerprint density at radius 1 is 1.07 bits per heavy atom. The summed E-state index contributed by atoms with van der Waals surface area (Å²) < 4.78 is 30.4. The number of rotatable bonds is 6. The number of halogens is 1. The molecule has 7 heteroatoms. The summed E-state index contributed by atoms with van der Waals surface area (Å²) in [6.07, 6.45) is 0. The third-order valence-electron chi connectivity index (χ3n) is 4.22. The highest BCUT2D eigenvalue weighted by atomic mass is 32.1. The van der Waals surface area contributed by atoms with Crippen molar-refractivity contribution in [2.75, 3.05) is 24.7 Å². The van der Waals surface area contributed by atoms with E-state index in [2.05, 4.69) is 0 Å². The summed E-state index contributed by atoms with van der Waals surface area (Å²) in [6.45, 7) is 1.07. The summed E-state index contributed by atoms with van der Waals surface area (Å²) >= 11 is 1.56. The Kier molecular flexibility index (Phi) is 5.43. The van der Waals surface area contributed by atoms with E-state index in [0.29, 0.717) is 36.9 Å². The summed E-state index contributed by atoms with van der Waals surface area (Å²) in [7, 11) is 0. The van der Waals surface area contributed by atoms with E-state index in [1.165, 1.54) is 12.1 Å². The van der Waals surface area contributed by atoms with E-state index in [1.807, 2.05) is 23.6 Å². The normalized spacial score (nSPS) is 12.5. The van der Waals surface area contributed by atoms with Crippen LogP contribution in [0.1, 0.15) is 4.88 Å². The summed E-state index contributed by atoms with van der Waals surface area (Å²) in [4.78, 5) is 15.6. The maximum Gasteiger partial charge on any atom is 0.265 e. The van der Waals surface area contributed by atoms with Crippen molar-refractivity contribution >= 4 is 22.9 Å². The van der Waals surface area contributed by atoms with Gasteiger partial charge in [0.05, 0.1) is 6.54 Å². The summed E-state index contributed by atoms with van der Waals surface area (Å²) in [5.74, 6) is 0.519. The molecule has 2 heterocycles. The zero-order chi connectivity index (χ0) is 19.3. The van der Waals surface area contributed by atoms with E-state index in [9.17, 15) is 9.18 Å². The zero-order valence-electron chi connectivity index (χ0n) is 15.0. The minimum atomic E-state index is -0.501. The highest BCUT2D eigenvalue weighted by molar-refractivity contribution is 7.09. The molecular formula is C21H18FNO4S. The number of ether oxygens (including phenoxy) is 3. The standard InChI is InChI=1S/C21H18FNO4S/c22-17-5-1-2-6-18(17)27-14-21(24)23(13-16-4-3-11-28-16)15-7-8-19-20(12-15)26-10-9-25-19/h1-8,11-12H,9-10,13-14H2. The molecule has 0 radical (unpaired) electrons. The van der Waals surface area contributed by atoms with Crippen LogP contribution in [-0.4, -0.2) is 25.7 Å². The Morgan fingerprint density at radius 3 is 2.68 bits per heavy atom. The van der Waals surface area contributed by atoms with E-state index in [1.54, 1.807) is 40.5 Å². The molecule has 0 fully saturated rings. The van der Waals surface area contributed by atoms with Gasteiger partial charge in [-0.1, -0.05) is 18.2 Å². The Bertz CT molecular complexity index is 961. The molecule has 0 bridgehead atoms. The molecule has 0 spiro atoms. The Morgan fingerprint density at radius 2 is 1.89 bits per heavy atom. The van der Waals surface area contributed by atoms with Gasteiger partial charge >= 0.3 is 0 Å². The van der Waals surface area contributed by atoms with Crippen molar-refractivity contribution in [1.29, 1.82) is 0 Å². The fourth-order valence-corrected chi connectivity index (χ4v) is 3.55. The number of para-hydroxylation sites is 1. The lowest BCUT2D eigenvalue weighted by Gasteiger charge is -2.25. The van der Waals surface area contributed by atoms with E-state index in [4.69, 9.17) is 14.2 Å². The number of carbonyl (C=O) groups is 1. The van der Waals surface area contributed by atoms with Crippen molar-refractivity contribution in [2.24, 2.45) is 0 Å². The summed E-state index contributed by atoms with van der Waals surface area (Å²) in [6, 6.07) is 15.3. The van der Waals surface area contributed by atoms with Crippen molar-refractivity contribution in [3.63, 3.8) is 0 Å². The average molecular weight is 399 g/mol. The van der Waals surface area contributed by atoms with Gasteiger partial charge in [-0.05, 0) is 35.7 Å². The number of nitrogens with zero attached hydrogens (tertiary/aromatic N) is 1. The van der Waals surface area contributed by atoms with Gasteiger partial charge in [-0.25, -0.2) is 4.39 Å². The van der Waals surface area contributed by atoms with Gasteiger partial charge in [0.2, 0.25) is 0 Å². The summed E-state index contributed by atoms with van der Waals surface area (Å²) in [5.41, 5.74) is 0.666. The number of amides is 1. The molecule has 1 aromatic heterocycles. The van der Waals surface area contributed by atoms with Crippen molar-refractivity contribution < 1.29 is 23.4 Å². The number of thiophene rings is 1. The number of carbonyl (C=O) groups excluding carboxylic acids is 1. The number of hydrogen-bond acceptors (Lipinski definition) is 5. The molecule has 4 rings (SSSR count). The molecule has 3 aromatic rings. The molecule has 144 valence electrons. The van der Waals surface area contributed by atoms with E-state index < -0.39 is 5.82 Å². The van der Waals surface area contributed by atoms with E-state index in [-0.39, 0.29) is 18.3 Å². The maximum atomic E-state index is 13.8. The first-order valence-electron chi connectivity index (χ1n) is 8.80. The Balaban J connectivity index is 1.56. The molecule has 0 unspecified atom stereocenters. The molecule has 0 N–H and O–H groups in total. The number of fused-ring (bicyclic) bond motifs is 1. The second kappa shape index (κ2) is 8.31. The SMILES string of the molecule is O=C(COc1ccccc1F)N(Cc1cccs1)c1ccc2c(c1)OCCO2.